The van der Waals surface area contributed by atoms with Crippen LogP contribution < -0.4 is 0 Å². The van der Waals surface area contributed by atoms with Gasteiger partial charge < -0.3 is 0 Å². The first-order valence-electron chi connectivity index (χ1n) is 7.34. The molecule has 116 valence electrons. The SMILES string of the molecule is CCN(CC)N(N(CC)CC)[P+](O)(O)N(CC)CC. The first-order valence-corrected chi connectivity index (χ1v) is 8.94. The summed E-state index contributed by atoms with van der Waals surface area (Å²) in [6.45, 7) is 16.3. The second kappa shape index (κ2) is 9.19. The van der Waals surface area contributed by atoms with Gasteiger partial charge in [0.05, 0.1) is 0 Å². The molecule has 2 N–H and O–H groups in total. The first kappa shape index (κ1) is 19.2. The van der Waals surface area contributed by atoms with Crippen LogP contribution in [0, 0.1) is 0 Å². The Balaban J connectivity index is 5.41. The Hall–Kier alpha value is 0.190. The average Bonchev–Trinajstić information content (AvgIpc) is 2.40. The van der Waals surface area contributed by atoms with Crippen LogP contribution in [0.5, 0.6) is 0 Å². The summed E-state index contributed by atoms with van der Waals surface area (Å²) >= 11 is 0. The van der Waals surface area contributed by atoms with Crippen LogP contribution in [0.3, 0.4) is 0 Å². The third kappa shape index (κ3) is 4.60. The lowest BCUT2D eigenvalue weighted by Crippen LogP contribution is -2.55. The van der Waals surface area contributed by atoms with Crippen LogP contribution in [0.4, 0.5) is 0 Å². The predicted octanol–water partition coefficient (Wildman–Crippen LogP) is 1.81. The van der Waals surface area contributed by atoms with Gasteiger partial charge in [-0.15, -0.1) is 4.67 Å². The molecule has 0 aliphatic carbocycles. The Bertz CT molecular complexity index is 220. The zero-order chi connectivity index (χ0) is 15.1. The van der Waals surface area contributed by atoms with Crippen molar-refractivity contribution in [1.82, 2.24) is 19.6 Å². The van der Waals surface area contributed by atoms with Gasteiger partial charge >= 0.3 is 8.02 Å². The maximum Gasteiger partial charge on any atom is 0.461 e. The Morgan fingerprint density at radius 1 is 0.632 bits per heavy atom. The van der Waals surface area contributed by atoms with Crippen molar-refractivity contribution in [3.8, 4) is 0 Å². The molecule has 0 fully saturated rings. The summed E-state index contributed by atoms with van der Waals surface area (Å²) < 4.78 is 1.74. The van der Waals surface area contributed by atoms with Crippen LogP contribution >= 0.6 is 8.02 Å². The van der Waals surface area contributed by atoms with Crippen molar-refractivity contribution in [3.05, 3.63) is 0 Å². The van der Waals surface area contributed by atoms with Gasteiger partial charge in [-0.05, 0) is 13.8 Å². The molecule has 0 aromatic carbocycles. The molecule has 0 rings (SSSR count). The number of hydrogen-bond donors (Lipinski definition) is 2. The van der Waals surface area contributed by atoms with Gasteiger partial charge in [0.2, 0.25) is 0 Å². The van der Waals surface area contributed by atoms with Gasteiger partial charge in [0.25, 0.3) is 0 Å². The van der Waals surface area contributed by atoms with Crippen molar-refractivity contribution in [1.29, 1.82) is 0 Å². The standard InChI is InChI=1S/C12H32N4O2P/c1-7-13(8-2)16(14(9-3)10-4)19(17,18)15(11-5)12-6/h17-18H,7-12H2,1-6H3/q+1. The summed E-state index contributed by atoms with van der Waals surface area (Å²) in [5, 5.41) is 3.97. The predicted molar refractivity (Wildman–Crippen MR) is 82.0 cm³/mol. The van der Waals surface area contributed by atoms with E-state index in [9.17, 15) is 9.79 Å². The van der Waals surface area contributed by atoms with Gasteiger partial charge in [0, 0.05) is 44.2 Å². The maximum absolute atomic E-state index is 10.7. The normalized spacial score (nSPS) is 13.3. The first-order chi connectivity index (χ1) is 8.94. The molecular weight excluding hydrogens is 263 g/mol. The van der Waals surface area contributed by atoms with Crippen molar-refractivity contribution in [2.75, 3.05) is 39.3 Å². The average molecular weight is 295 g/mol. The molecule has 0 saturated carbocycles. The van der Waals surface area contributed by atoms with Crippen molar-refractivity contribution in [2.24, 2.45) is 0 Å². The zero-order valence-corrected chi connectivity index (χ0v) is 14.3. The molecular formula is C12H32N4O2P+. The third-order valence-electron chi connectivity index (χ3n) is 3.32. The Morgan fingerprint density at radius 2 is 0.947 bits per heavy atom. The number of hydrogen-bond acceptors (Lipinski definition) is 6. The zero-order valence-electron chi connectivity index (χ0n) is 13.4. The summed E-state index contributed by atoms with van der Waals surface area (Å²) in [5.74, 6) is 0. The summed E-state index contributed by atoms with van der Waals surface area (Å²) in [6.07, 6.45) is 0. The summed E-state index contributed by atoms with van der Waals surface area (Å²) in [7, 11) is -3.32. The molecule has 0 aliphatic heterocycles. The summed E-state index contributed by atoms with van der Waals surface area (Å²) in [5.41, 5.74) is 0. The Morgan fingerprint density at radius 3 is 1.16 bits per heavy atom. The van der Waals surface area contributed by atoms with Crippen LogP contribution in [0.1, 0.15) is 41.5 Å². The molecule has 7 heteroatoms. The smallest absolute Gasteiger partial charge is 0.189 e. The van der Waals surface area contributed by atoms with Crippen molar-refractivity contribution in [2.45, 2.75) is 41.5 Å². The molecule has 0 spiro atoms. The van der Waals surface area contributed by atoms with E-state index in [2.05, 4.69) is 0 Å². The summed E-state index contributed by atoms with van der Waals surface area (Å²) in [4.78, 5) is 23.2. The molecule has 0 atom stereocenters. The van der Waals surface area contributed by atoms with Gasteiger partial charge in [-0.2, -0.15) is 19.8 Å². The molecule has 0 aromatic heterocycles. The Labute approximate surface area is 119 Å². The van der Waals surface area contributed by atoms with Crippen molar-refractivity contribution < 1.29 is 9.79 Å². The third-order valence-corrected chi connectivity index (χ3v) is 5.63. The molecule has 0 amide bonds. The van der Waals surface area contributed by atoms with Gasteiger partial charge in [-0.3, -0.25) is 0 Å². The fourth-order valence-electron chi connectivity index (χ4n) is 2.19. The second-order valence-electron chi connectivity index (χ2n) is 4.22. The minimum Gasteiger partial charge on any atom is -0.189 e. The molecule has 0 aliphatic rings. The highest BCUT2D eigenvalue weighted by Gasteiger charge is 2.53. The van der Waals surface area contributed by atoms with Gasteiger partial charge in [0.15, 0.2) is 0 Å². The molecule has 0 bridgehead atoms. The number of hydrazine groups is 2. The van der Waals surface area contributed by atoms with Crippen LogP contribution in [0.25, 0.3) is 0 Å². The van der Waals surface area contributed by atoms with E-state index in [1.165, 1.54) is 0 Å². The van der Waals surface area contributed by atoms with Crippen LogP contribution in [0.15, 0.2) is 0 Å². The summed E-state index contributed by atoms with van der Waals surface area (Å²) in [6, 6.07) is 0. The molecule has 0 unspecified atom stereocenters. The lowest BCUT2D eigenvalue weighted by Gasteiger charge is -2.41. The van der Waals surface area contributed by atoms with Gasteiger partial charge in [-0.25, -0.2) is 0 Å². The minimum absolute atomic E-state index is 0.621. The monoisotopic (exact) mass is 295 g/mol. The van der Waals surface area contributed by atoms with Crippen molar-refractivity contribution >= 4 is 8.02 Å². The van der Waals surface area contributed by atoms with Crippen LogP contribution in [-0.2, 0) is 0 Å². The van der Waals surface area contributed by atoms with E-state index in [0.29, 0.717) is 13.1 Å². The fourth-order valence-corrected chi connectivity index (χ4v) is 4.36. The van der Waals surface area contributed by atoms with Crippen LogP contribution in [0.2, 0.25) is 0 Å². The van der Waals surface area contributed by atoms with Gasteiger partial charge in [0.1, 0.15) is 0 Å². The van der Waals surface area contributed by atoms with Crippen LogP contribution in [-0.4, -0.2) is 68.6 Å². The lowest BCUT2D eigenvalue weighted by atomic mass is 10.6. The van der Waals surface area contributed by atoms with E-state index in [0.717, 1.165) is 26.2 Å². The van der Waals surface area contributed by atoms with E-state index in [1.54, 1.807) is 9.56 Å². The topological polar surface area (TPSA) is 53.4 Å². The van der Waals surface area contributed by atoms with E-state index in [4.69, 9.17) is 0 Å². The van der Waals surface area contributed by atoms with E-state index in [-0.39, 0.29) is 0 Å². The largest absolute Gasteiger partial charge is 0.461 e. The molecule has 0 aromatic rings. The molecule has 0 heterocycles. The van der Waals surface area contributed by atoms with E-state index >= 15 is 0 Å². The highest BCUT2D eigenvalue weighted by Crippen LogP contribution is 2.58. The van der Waals surface area contributed by atoms with E-state index < -0.39 is 8.02 Å². The molecule has 6 nitrogen and oxygen atoms in total. The molecule has 19 heavy (non-hydrogen) atoms. The highest BCUT2D eigenvalue weighted by atomic mass is 31.2. The number of nitrogens with zero attached hydrogens (tertiary/aromatic N) is 4. The quantitative estimate of drug-likeness (QED) is 0.473. The highest BCUT2D eigenvalue weighted by molar-refractivity contribution is 7.59. The molecule has 0 radical (unpaired) electrons. The maximum atomic E-state index is 10.7. The number of rotatable bonds is 10. The fraction of sp³-hybridized carbons (Fsp3) is 1.00. The van der Waals surface area contributed by atoms with E-state index in [1.807, 2.05) is 51.6 Å². The molecule has 0 saturated heterocycles. The lowest BCUT2D eigenvalue weighted by molar-refractivity contribution is -0.124. The Kier molecular flexibility index (Phi) is 9.28. The van der Waals surface area contributed by atoms with Gasteiger partial charge in [-0.1, -0.05) is 27.7 Å². The second-order valence-corrected chi connectivity index (χ2v) is 6.22. The van der Waals surface area contributed by atoms with Crippen molar-refractivity contribution in [3.63, 3.8) is 0 Å². The minimum atomic E-state index is -3.32.